The summed E-state index contributed by atoms with van der Waals surface area (Å²) in [7, 11) is 0. The Morgan fingerprint density at radius 3 is 0.517 bits per heavy atom. The number of benzene rings is 10. The largest absolute Gasteiger partial charge is 0.508 e. The molecule has 5 N–H and O–H groups in total. The Kier molecular flexibility index (Phi) is 7.69. The van der Waals surface area contributed by atoms with Crippen LogP contribution in [0.15, 0.2) is 152 Å². The molecule has 0 saturated carbocycles. The standard InChI is InChI=1S/C50H30O10/c51-26-1-11-31(12-2-26)56-41-21-37-43(58-33-15-5-28(53)6-16-33)23-39-45(60-35-19-9-30(55)10-20-35)25-40-44(59-34-17-7-29(54)8-18-34)24-38-42(57-32-13-3-27(52)4-14-32)22-36(41)46-47(37)49(39)50(40)48(38)46/h1-25,51-55H. The van der Waals surface area contributed by atoms with Gasteiger partial charge in [0.2, 0.25) is 0 Å². The molecule has 60 heavy (non-hydrogen) atoms. The van der Waals surface area contributed by atoms with Crippen LogP contribution >= 0.6 is 0 Å². The first kappa shape index (κ1) is 34.7. The second-order valence-corrected chi connectivity index (χ2v) is 14.5. The SMILES string of the molecule is Oc1ccc(Oc2cc3c(Oc4ccc(O)cc4)cc4c(Oc5ccc(O)cc5)cc5c(Oc6ccc(O)cc6)cc6c(Oc7ccc(O)cc7)cc2c2c6c5c4c32)cc1. The van der Waals surface area contributed by atoms with Gasteiger partial charge in [-0.25, -0.2) is 0 Å². The Balaban J connectivity index is 1.27. The van der Waals surface area contributed by atoms with Gasteiger partial charge in [-0.1, -0.05) is 0 Å². The van der Waals surface area contributed by atoms with Crippen LogP contribution in [0.4, 0.5) is 0 Å². The highest BCUT2D eigenvalue weighted by atomic mass is 16.5. The zero-order valence-corrected chi connectivity index (χ0v) is 31.2. The van der Waals surface area contributed by atoms with Gasteiger partial charge in [0.25, 0.3) is 0 Å². The van der Waals surface area contributed by atoms with Gasteiger partial charge in [0.15, 0.2) is 0 Å². The molecule has 11 aromatic rings. The van der Waals surface area contributed by atoms with Crippen molar-refractivity contribution in [2.45, 2.75) is 0 Å². The van der Waals surface area contributed by atoms with Crippen molar-refractivity contribution >= 4 is 53.9 Å². The van der Waals surface area contributed by atoms with Crippen LogP contribution in [0.5, 0.6) is 86.2 Å². The maximum absolute atomic E-state index is 10.1. The number of ether oxygens (including phenoxy) is 5. The van der Waals surface area contributed by atoms with Gasteiger partial charge < -0.3 is 49.2 Å². The van der Waals surface area contributed by atoms with Crippen LogP contribution in [0.25, 0.3) is 53.9 Å². The third-order valence-corrected chi connectivity index (χ3v) is 10.6. The van der Waals surface area contributed by atoms with Crippen LogP contribution in [0, 0.1) is 0 Å². The maximum atomic E-state index is 10.1. The molecule has 0 saturated heterocycles. The first-order valence-electron chi connectivity index (χ1n) is 18.9. The summed E-state index contributed by atoms with van der Waals surface area (Å²) in [6.07, 6.45) is 0. The molecular formula is C50H30O10. The molecular weight excluding hydrogens is 761 g/mol. The van der Waals surface area contributed by atoms with Crippen LogP contribution in [-0.4, -0.2) is 25.5 Å². The second kappa shape index (κ2) is 13.3. The Morgan fingerprint density at radius 1 is 0.217 bits per heavy atom. The van der Waals surface area contributed by atoms with E-state index >= 15 is 0 Å². The molecule has 0 bridgehead atoms. The minimum atomic E-state index is 0.0969. The average Bonchev–Trinajstić information content (AvgIpc) is 3.61. The molecule has 0 unspecified atom stereocenters. The van der Waals surface area contributed by atoms with Crippen LogP contribution < -0.4 is 23.7 Å². The molecule has 0 radical (unpaired) electrons. The van der Waals surface area contributed by atoms with Gasteiger partial charge in [0.1, 0.15) is 86.2 Å². The zero-order chi connectivity index (χ0) is 40.6. The van der Waals surface area contributed by atoms with Crippen molar-refractivity contribution in [3.63, 3.8) is 0 Å². The van der Waals surface area contributed by atoms with Gasteiger partial charge in [-0.3, -0.25) is 0 Å². The van der Waals surface area contributed by atoms with E-state index in [1.54, 1.807) is 121 Å². The minimum Gasteiger partial charge on any atom is -0.508 e. The van der Waals surface area contributed by atoms with Crippen molar-refractivity contribution in [1.82, 2.24) is 0 Å². The van der Waals surface area contributed by atoms with Crippen molar-refractivity contribution in [3.05, 3.63) is 152 Å². The van der Waals surface area contributed by atoms with E-state index in [1.807, 2.05) is 30.3 Å². The predicted molar refractivity (Wildman–Crippen MR) is 228 cm³/mol. The Bertz CT molecular complexity index is 2790. The second-order valence-electron chi connectivity index (χ2n) is 14.5. The highest BCUT2D eigenvalue weighted by Crippen LogP contribution is 2.59. The molecule has 11 aromatic carbocycles. The van der Waals surface area contributed by atoms with Gasteiger partial charge >= 0.3 is 0 Å². The minimum absolute atomic E-state index is 0.0969. The zero-order valence-electron chi connectivity index (χ0n) is 31.2. The van der Waals surface area contributed by atoms with Crippen molar-refractivity contribution in [2.24, 2.45) is 0 Å². The fraction of sp³-hybridized carbons (Fsp3) is 0. The van der Waals surface area contributed by atoms with Crippen molar-refractivity contribution in [3.8, 4) is 86.2 Å². The lowest BCUT2D eigenvalue weighted by Gasteiger charge is -2.17. The molecule has 290 valence electrons. The van der Waals surface area contributed by atoms with Gasteiger partial charge in [0, 0.05) is 53.9 Å². The maximum Gasteiger partial charge on any atom is 0.136 e. The summed E-state index contributed by atoms with van der Waals surface area (Å²) in [5.41, 5.74) is 0. The van der Waals surface area contributed by atoms with E-state index in [2.05, 4.69) is 0 Å². The van der Waals surface area contributed by atoms with Gasteiger partial charge in [-0.05, 0) is 152 Å². The Labute approximate surface area is 340 Å². The van der Waals surface area contributed by atoms with Crippen LogP contribution in [0.1, 0.15) is 0 Å². The Hall–Kier alpha value is -8.50. The molecule has 0 aliphatic heterocycles. The van der Waals surface area contributed by atoms with E-state index in [-0.39, 0.29) is 28.7 Å². The molecule has 0 atom stereocenters. The number of hydrogen-bond donors (Lipinski definition) is 5. The smallest absolute Gasteiger partial charge is 0.136 e. The predicted octanol–water partition coefficient (Wildman–Crippen LogP) is 13.3. The van der Waals surface area contributed by atoms with Crippen LogP contribution in [0.3, 0.4) is 0 Å². The summed E-state index contributed by atoms with van der Waals surface area (Å²) in [5.74, 6) is 5.36. The Morgan fingerprint density at radius 2 is 0.367 bits per heavy atom. The average molecular weight is 791 g/mol. The summed E-state index contributed by atoms with van der Waals surface area (Å²) in [4.78, 5) is 0. The summed E-state index contributed by atoms with van der Waals surface area (Å²) in [5, 5.41) is 58.4. The molecule has 0 aliphatic carbocycles. The topological polar surface area (TPSA) is 147 Å². The molecule has 0 heterocycles. The molecule has 0 aliphatic rings. The lowest BCUT2D eigenvalue weighted by molar-refractivity contribution is 0.463. The third kappa shape index (κ3) is 5.82. The molecule has 0 fully saturated rings. The number of hydrogen-bond acceptors (Lipinski definition) is 10. The third-order valence-electron chi connectivity index (χ3n) is 10.6. The first-order valence-corrected chi connectivity index (χ1v) is 18.9. The number of rotatable bonds is 10. The molecule has 10 nitrogen and oxygen atoms in total. The van der Waals surface area contributed by atoms with Crippen molar-refractivity contribution in [1.29, 1.82) is 0 Å². The molecule has 0 aromatic heterocycles. The summed E-state index contributed by atoms with van der Waals surface area (Å²) in [6.45, 7) is 0. The van der Waals surface area contributed by atoms with Crippen molar-refractivity contribution in [2.75, 3.05) is 0 Å². The van der Waals surface area contributed by atoms with Crippen molar-refractivity contribution < 1.29 is 49.2 Å². The van der Waals surface area contributed by atoms with E-state index < -0.39 is 0 Å². The number of aromatic hydroxyl groups is 5. The molecule has 0 amide bonds. The highest BCUT2D eigenvalue weighted by molar-refractivity contribution is 6.47. The van der Waals surface area contributed by atoms with E-state index in [0.29, 0.717) is 57.5 Å². The monoisotopic (exact) mass is 790 g/mol. The number of phenols is 5. The summed E-state index contributed by atoms with van der Waals surface area (Å²) >= 11 is 0. The number of phenolic OH excluding ortho intramolecular Hbond substituents is 5. The van der Waals surface area contributed by atoms with E-state index in [9.17, 15) is 25.5 Å². The molecule has 10 heteroatoms. The van der Waals surface area contributed by atoms with Gasteiger partial charge in [-0.15, -0.1) is 0 Å². The lowest BCUT2D eigenvalue weighted by Crippen LogP contribution is -1.92. The molecule has 11 rings (SSSR count). The summed E-state index contributed by atoms with van der Waals surface area (Å²) in [6, 6.07) is 42.0. The fourth-order valence-corrected chi connectivity index (χ4v) is 7.98. The van der Waals surface area contributed by atoms with Crippen LogP contribution in [0.2, 0.25) is 0 Å². The lowest BCUT2D eigenvalue weighted by atomic mass is 9.97. The van der Waals surface area contributed by atoms with Gasteiger partial charge in [-0.2, -0.15) is 0 Å². The normalized spacial score (nSPS) is 11.7. The summed E-state index contributed by atoms with van der Waals surface area (Å²) < 4.78 is 33.4. The quantitative estimate of drug-likeness (QED) is 0.0848. The van der Waals surface area contributed by atoms with E-state index in [4.69, 9.17) is 23.7 Å². The fourth-order valence-electron chi connectivity index (χ4n) is 7.98. The first-order chi connectivity index (χ1) is 29.2. The van der Waals surface area contributed by atoms with E-state index in [1.165, 1.54) is 0 Å². The van der Waals surface area contributed by atoms with Crippen LogP contribution in [-0.2, 0) is 0 Å². The molecule has 0 spiro atoms. The highest BCUT2D eigenvalue weighted by Gasteiger charge is 2.30. The van der Waals surface area contributed by atoms with Gasteiger partial charge in [0.05, 0.1) is 0 Å². The van der Waals surface area contributed by atoms with E-state index in [0.717, 1.165) is 53.9 Å².